The van der Waals surface area contributed by atoms with E-state index < -0.39 is 12.3 Å². The lowest BCUT2D eigenvalue weighted by atomic mass is 10.1. The van der Waals surface area contributed by atoms with Crippen molar-refractivity contribution in [3.8, 4) is 0 Å². The molecular weight excluding hydrogens is 234 g/mol. The van der Waals surface area contributed by atoms with Gasteiger partial charge in [-0.15, -0.1) is 0 Å². The molecule has 1 aliphatic heterocycles. The van der Waals surface area contributed by atoms with Crippen molar-refractivity contribution >= 4 is 17.0 Å². The number of fused-ring (bicyclic) bond motifs is 1. The van der Waals surface area contributed by atoms with Gasteiger partial charge >= 0.3 is 0 Å². The number of nitrogens with zero attached hydrogens (tertiary/aromatic N) is 4. The van der Waals surface area contributed by atoms with Crippen LogP contribution in [0.4, 0.5) is 5.82 Å². The molecule has 0 radical (unpaired) electrons. The van der Waals surface area contributed by atoms with E-state index in [4.69, 9.17) is 10.5 Å². The van der Waals surface area contributed by atoms with Gasteiger partial charge in [0, 0.05) is 6.42 Å². The molecular formula is C11H15N5O2. The van der Waals surface area contributed by atoms with Crippen LogP contribution in [0.25, 0.3) is 11.2 Å². The zero-order valence-electron chi connectivity index (χ0n) is 10.0. The number of nitrogen functional groups attached to an aromatic ring is 1. The number of aliphatic hydroxyl groups is 1. The van der Waals surface area contributed by atoms with Gasteiger partial charge in [-0.2, -0.15) is 0 Å². The number of aromatic nitrogens is 4. The van der Waals surface area contributed by atoms with Gasteiger partial charge in [0.2, 0.25) is 0 Å². The van der Waals surface area contributed by atoms with Crippen LogP contribution >= 0.6 is 0 Å². The topological polar surface area (TPSA) is 99.1 Å². The van der Waals surface area contributed by atoms with Gasteiger partial charge in [0.1, 0.15) is 17.9 Å². The second-order valence-electron chi connectivity index (χ2n) is 4.44. The Morgan fingerprint density at radius 1 is 1.50 bits per heavy atom. The largest absolute Gasteiger partial charge is 0.388 e. The third-order valence-electron chi connectivity index (χ3n) is 3.28. The predicted molar refractivity (Wildman–Crippen MR) is 64.6 cm³/mol. The van der Waals surface area contributed by atoms with Crippen LogP contribution in [0.3, 0.4) is 0 Å². The molecule has 0 saturated carbocycles. The highest BCUT2D eigenvalue weighted by molar-refractivity contribution is 5.81. The number of imidazole rings is 1. The first kappa shape index (κ1) is 11.4. The predicted octanol–water partition coefficient (Wildman–Crippen LogP) is 0.467. The molecule has 1 aliphatic rings. The molecule has 0 aliphatic carbocycles. The Labute approximate surface area is 104 Å². The Kier molecular flexibility index (Phi) is 2.64. The maximum absolute atomic E-state index is 10.0. The first-order valence-electron chi connectivity index (χ1n) is 5.97. The minimum atomic E-state index is -0.552. The van der Waals surface area contributed by atoms with Crippen molar-refractivity contribution < 1.29 is 9.84 Å². The fourth-order valence-electron chi connectivity index (χ4n) is 2.30. The van der Waals surface area contributed by atoms with Crippen LogP contribution in [0, 0.1) is 0 Å². The van der Waals surface area contributed by atoms with Gasteiger partial charge in [0.15, 0.2) is 17.7 Å². The summed E-state index contributed by atoms with van der Waals surface area (Å²) in [4.78, 5) is 12.2. The van der Waals surface area contributed by atoms with Crippen molar-refractivity contribution in [1.82, 2.24) is 19.5 Å². The van der Waals surface area contributed by atoms with Crippen molar-refractivity contribution in [3.63, 3.8) is 0 Å². The van der Waals surface area contributed by atoms with Crippen molar-refractivity contribution in [1.29, 1.82) is 0 Å². The molecule has 1 fully saturated rings. The van der Waals surface area contributed by atoms with Gasteiger partial charge in [-0.1, -0.05) is 6.92 Å². The highest BCUT2D eigenvalue weighted by Gasteiger charge is 2.35. The van der Waals surface area contributed by atoms with Crippen LogP contribution < -0.4 is 5.73 Å². The van der Waals surface area contributed by atoms with Crippen LogP contribution in [0.15, 0.2) is 12.7 Å². The summed E-state index contributed by atoms with van der Waals surface area (Å²) in [6, 6.07) is 0. The third-order valence-corrected chi connectivity index (χ3v) is 3.28. The molecule has 18 heavy (non-hydrogen) atoms. The molecule has 7 heteroatoms. The summed E-state index contributed by atoms with van der Waals surface area (Å²) in [5, 5.41) is 10.0. The lowest BCUT2D eigenvalue weighted by Crippen LogP contribution is -2.19. The summed E-state index contributed by atoms with van der Waals surface area (Å²) < 4.78 is 7.50. The highest BCUT2D eigenvalue weighted by Crippen LogP contribution is 2.32. The minimum Gasteiger partial charge on any atom is -0.388 e. The number of aliphatic hydroxyl groups excluding tert-OH is 1. The van der Waals surface area contributed by atoms with Crippen LogP contribution in [-0.2, 0) is 4.74 Å². The van der Waals surface area contributed by atoms with E-state index in [2.05, 4.69) is 15.0 Å². The summed E-state index contributed by atoms with van der Waals surface area (Å²) in [5.41, 5.74) is 6.85. The molecule has 96 valence electrons. The van der Waals surface area contributed by atoms with E-state index in [9.17, 15) is 5.11 Å². The zero-order valence-corrected chi connectivity index (χ0v) is 10.0. The van der Waals surface area contributed by atoms with Crippen LogP contribution in [-0.4, -0.2) is 36.8 Å². The fraction of sp³-hybridized carbons (Fsp3) is 0.545. The van der Waals surface area contributed by atoms with Crippen LogP contribution in [0.2, 0.25) is 0 Å². The first-order valence-corrected chi connectivity index (χ1v) is 5.97. The number of ether oxygens (including phenoxy) is 1. The van der Waals surface area contributed by atoms with Crippen molar-refractivity contribution in [2.24, 2.45) is 0 Å². The Hall–Kier alpha value is -1.73. The number of hydrogen-bond acceptors (Lipinski definition) is 6. The molecule has 0 spiro atoms. The summed E-state index contributed by atoms with van der Waals surface area (Å²) in [5.74, 6) is 0.332. The average molecular weight is 249 g/mol. The molecule has 3 rings (SSSR count). The standard InChI is InChI=1S/C11H15N5O2/c1-2-6-3-7(17)11(18-6)16-5-15-8-9(12)13-4-14-10(8)16/h4-7,11,17H,2-3H2,1H3,(H2,12,13,14)/t6-,7-,11-/m1/s1. The van der Waals surface area contributed by atoms with Gasteiger partial charge < -0.3 is 15.6 Å². The SMILES string of the molecule is CC[C@@H]1C[C@@H](O)[C@H](n2cnc3c(N)ncnc32)O1. The monoisotopic (exact) mass is 249 g/mol. The lowest BCUT2D eigenvalue weighted by molar-refractivity contribution is -0.0355. The summed E-state index contributed by atoms with van der Waals surface area (Å²) in [6.45, 7) is 2.03. The average Bonchev–Trinajstić information content (AvgIpc) is 2.93. The Morgan fingerprint density at radius 3 is 3.06 bits per heavy atom. The van der Waals surface area contributed by atoms with E-state index in [-0.39, 0.29) is 6.10 Å². The minimum absolute atomic E-state index is 0.0710. The number of hydrogen-bond donors (Lipinski definition) is 2. The molecule has 3 N–H and O–H groups in total. The molecule has 2 aromatic rings. The van der Waals surface area contributed by atoms with E-state index in [1.807, 2.05) is 6.92 Å². The second kappa shape index (κ2) is 4.18. The first-order chi connectivity index (χ1) is 8.70. The third kappa shape index (κ3) is 1.63. The van der Waals surface area contributed by atoms with Crippen LogP contribution in [0.5, 0.6) is 0 Å². The molecule has 1 saturated heterocycles. The normalized spacial score (nSPS) is 28.0. The quantitative estimate of drug-likeness (QED) is 0.802. The van der Waals surface area contributed by atoms with Crippen molar-refractivity contribution in [2.75, 3.05) is 5.73 Å². The smallest absolute Gasteiger partial charge is 0.167 e. The molecule has 3 atom stereocenters. The Bertz CT molecular complexity index is 570. The van der Waals surface area contributed by atoms with E-state index in [0.29, 0.717) is 23.4 Å². The van der Waals surface area contributed by atoms with Gasteiger partial charge in [0.05, 0.1) is 12.4 Å². The molecule has 0 unspecified atom stereocenters. The summed E-state index contributed by atoms with van der Waals surface area (Å²) in [7, 11) is 0. The maximum Gasteiger partial charge on any atom is 0.167 e. The molecule has 0 aromatic carbocycles. The van der Waals surface area contributed by atoms with Gasteiger partial charge in [0.25, 0.3) is 0 Å². The molecule has 0 amide bonds. The lowest BCUT2D eigenvalue weighted by Gasteiger charge is -2.16. The van der Waals surface area contributed by atoms with Crippen molar-refractivity contribution in [2.45, 2.75) is 38.2 Å². The van der Waals surface area contributed by atoms with E-state index in [1.165, 1.54) is 6.33 Å². The molecule has 7 nitrogen and oxygen atoms in total. The fourth-order valence-corrected chi connectivity index (χ4v) is 2.30. The van der Waals surface area contributed by atoms with Gasteiger partial charge in [-0.25, -0.2) is 15.0 Å². The molecule has 3 heterocycles. The molecule has 2 aromatic heterocycles. The number of rotatable bonds is 2. The number of anilines is 1. The zero-order chi connectivity index (χ0) is 12.7. The Morgan fingerprint density at radius 2 is 2.33 bits per heavy atom. The van der Waals surface area contributed by atoms with Crippen molar-refractivity contribution in [3.05, 3.63) is 12.7 Å². The number of nitrogens with two attached hydrogens (primary N) is 1. The van der Waals surface area contributed by atoms with E-state index in [0.717, 1.165) is 6.42 Å². The Balaban J connectivity index is 2.02. The van der Waals surface area contributed by atoms with E-state index >= 15 is 0 Å². The molecule has 0 bridgehead atoms. The second-order valence-corrected chi connectivity index (χ2v) is 4.44. The summed E-state index contributed by atoms with van der Waals surface area (Å²) in [6.07, 6.45) is 3.54. The van der Waals surface area contributed by atoms with Crippen LogP contribution in [0.1, 0.15) is 26.0 Å². The maximum atomic E-state index is 10.0. The summed E-state index contributed by atoms with van der Waals surface area (Å²) >= 11 is 0. The van der Waals surface area contributed by atoms with E-state index in [1.54, 1.807) is 10.9 Å². The van der Waals surface area contributed by atoms with Gasteiger partial charge in [-0.05, 0) is 6.42 Å². The van der Waals surface area contributed by atoms with Gasteiger partial charge in [-0.3, -0.25) is 4.57 Å². The highest BCUT2D eigenvalue weighted by atomic mass is 16.5.